The van der Waals surface area contributed by atoms with Gasteiger partial charge in [-0.25, -0.2) is 0 Å². The van der Waals surface area contributed by atoms with Gasteiger partial charge in [0.1, 0.15) is 33.5 Å². The minimum absolute atomic E-state index is 0.327. The molecule has 2 aliphatic heterocycles. The Morgan fingerprint density at radius 2 is 0.575 bits per heavy atom. The maximum atomic E-state index is 7.38. The van der Waals surface area contributed by atoms with Crippen molar-refractivity contribution in [3.05, 3.63) is 381 Å². The Morgan fingerprint density at radius 3 is 1.00 bits per heavy atom. The van der Waals surface area contributed by atoms with Crippen LogP contribution in [0.3, 0.4) is 0 Å². The summed E-state index contributed by atoms with van der Waals surface area (Å²) in [4.78, 5) is 5.41. The van der Waals surface area contributed by atoms with Crippen LogP contribution in [0.5, 0.6) is 0 Å². The highest BCUT2D eigenvalue weighted by Crippen LogP contribution is 2.58. The lowest BCUT2D eigenvalue weighted by Gasteiger charge is -2.46. The van der Waals surface area contributed by atoms with E-state index in [0.29, 0.717) is 0 Å². The molecule has 0 N–H and O–H groups in total. The Kier molecular flexibility index (Phi) is 16.7. The zero-order chi connectivity index (χ0) is 81.0. The third kappa shape index (κ3) is 12.0. The Bertz CT molecular complexity index is 7160. The van der Waals surface area contributed by atoms with Gasteiger partial charge in [-0.05, 0) is 207 Å². The first-order valence-electron chi connectivity index (χ1n) is 42.0. The number of fused-ring (bicyclic) bond motifs is 13. The van der Waals surface area contributed by atoms with E-state index in [1.807, 2.05) is 0 Å². The molecular formula is C114H87BN2O3. The summed E-state index contributed by atoms with van der Waals surface area (Å²) in [6.07, 6.45) is 0. The molecule has 0 spiro atoms. The number of benzene rings is 17. The summed E-state index contributed by atoms with van der Waals surface area (Å²) < 4.78 is 22.0. The van der Waals surface area contributed by atoms with E-state index in [9.17, 15) is 0 Å². The summed E-state index contributed by atoms with van der Waals surface area (Å²) in [7, 11) is 0. The van der Waals surface area contributed by atoms with E-state index in [2.05, 4.69) is 436 Å². The van der Waals surface area contributed by atoms with E-state index in [-0.39, 0.29) is 23.0 Å². The first-order chi connectivity index (χ1) is 58.4. The summed E-state index contributed by atoms with van der Waals surface area (Å²) in [5.41, 5.74) is 36.9. The predicted octanol–water partition coefficient (Wildman–Crippen LogP) is 30.4. The topological polar surface area (TPSA) is 45.9 Å². The van der Waals surface area contributed by atoms with Crippen molar-refractivity contribution in [2.45, 2.75) is 78.6 Å². The molecule has 3 aromatic heterocycles. The van der Waals surface area contributed by atoms with Crippen molar-refractivity contribution in [2.75, 3.05) is 9.80 Å². The second kappa shape index (κ2) is 27.7. The summed E-state index contributed by atoms with van der Waals surface area (Å²) in [6.45, 7) is 20.8. The van der Waals surface area contributed by atoms with E-state index in [1.165, 1.54) is 27.6 Å². The summed E-state index contributed by atoms with van der Waals surface area (Å²) in [6, 6.07) is 136. The fourth-order valence-corrected chi connectivity index (χ4v) is 19.3. The van der Waals surface area contributed by atoms with E-state index in [4.69, 9.17) is 13.3 Å². The Morgan fingerprint density at radius 1 is 0.225 bits per heavy atom. The minimum atomic E-state index is -0.376. The van der Waals surface area contributed by atoms with Gasteiger partial charge in [0.15, 0.2) is 0 Å². The Hall–Kier alpha value is -14.2. The van der Waals surface area contributed by atoms with Crippen LogP contribution < -0.4 is 26.2 Å². The molecule has 5 nitrogen and oxygen atoms in total. The van der Waals surface area contributed by atoms with Gasteiger partial charge in [-0.2, -0.15) is 0 Å². The number of para-hydroxylation sites is 5. The standard InChI is InChI=1S/C114H87BN2O3/c1-112(2,3)82-66-91(78-42-28-40-74(58-78)70-32-14-10-15-33-70)108(93(68-82)88-49-30-47-86-84-44-22-25-51-102(84)119-110(86)88)116-98-56-54-76(72-36-18-12-19-37-72)61-96(98)115-97-62-77(73-38-20-13-21-39-73)55-57-99(97)117(101-64-81(63-100(116)107(101)115)80-60-95(114(7,8)9)106-90-46-24-27-53-104(90)118-105(106)65-80)109-92(79-43-29-41-75(59-79)71-34-16-11-17-35-71)67-83(113(4,5)6)69-94(109)89-50-31-48-87-85-45-23-26-52-103(85)120-111(87)89/h10-69H,1-9H3. The lowest BCUT2D eigenvalue weighted by Crippen LogP contribution is -2.61. The first-order valence-corrected chi connectivity index (χ1v) is 42.0. The first kappa shape index (κ1) is 72.3. The zero-order valence-electron chi connectivity index (χ0n) is 68.8. The molecular weight excluding hydrogens is 1460 g/mol. The van der Waals surface area contributed by atoms with Crippen molar-refractivity contribution >= 4 is 123 Å². The van der Waals surface area contributed by atoms with Gasteiger partial charge in [-0.3, -0.25) is 0 Å². The normalized spacial score (nSPS) is 12.8. The molecule has 0 fully saturated rings. The quantitative estimate of drug-likeness (QED) is 0.121. The van der Waals surface area contributed by atoms with Crippen molar-refractivity contribution in [1.82, 2.24) is 0 Å². The van der Waals surface area contributed by atoms with Crippen molar-refractivity contribution in [3.8, 4) is 100 Å². The molecule has 5 heterocycles. The molecule has 0 aliphatic carbocycles. The average molecular weight is 1540 g/mol. The molecule has 0 bridgehead atoms. The second-order valence-electron chi connectivity index (χ2n) is 35.9. The fourth-order valence-electron chi connectivity index (χ4n) is 19.3. The smallest absolute Gasteiger partial charge is 0.252 e. The summed E-state index contributed by atoms with van der Waals surface area (Å²) in [5, 5.41) is 6.49. The zero-order valence-corrected chi connectivity index (χ0v) is 68.8. The van der Waals surface area contributed by atoms with Crippen molar-refractivity contribution in [2.24, 2.45) is 0 Å². The highest BCUT2D eigenvalue weighted by Gasteiger charge is 2.47. The van der Waals surface area contributed by atoms with Crippen LogP contribution in [0.1, 0.15) is 79.0 Å². The van der Waals surface area contributed by atoms with Crippen LogP contribution in [0, 0.1) is 0 Å². The van der Waals surface area contributed by atoms with Crippen molar-refractivity contribution in [1.29, 1.82) is 0 Å². The number of hydrogen-bond acceptors (Lipinski definition) is 5. The molecule has 0 atom stereocenters. The molecule has 0 saturated carbocycles. The van der Waals surface area contributed by atoms with Gasteiger partial charge in [-0.15, -0.1) is 0 Å². The molecule has 0 amide bonds. The number of nitrogens with zero attached hydrogens (tertiary/aromatic N) is 2. The van der Waals surface area contributed by atoms with Gasteiger partial charge in [-0.1, -0.05) is 335 Å². The van der Waals surface area contributed by atoms with Gasteiger partial charge in [0, 0.05) is 88.4 Å². The second-order valence-corrected chi connectivity index (χ2v) is 35.9. The molecule has 20 aromatic rings. The summed E-state index contributed by atoms with van der Waals surface area (Å²) in [5.74, 6) is 0. The molecule has 120 heavy (non-hydrogen) atoms. The molecule has 0 radical (unpaired) electrons. The minimum Gasteiger partial charge on any atom is -0.456 e. The summed E-state index contributed by atoms with van der Waals surface area (Å²) >= 11 is 0. The average Bonchev–Trinajstić information content (AvgIpc) is 0.811. The molecule has 22 rings (SSSR count). The SMILES string of the molecule is CC(C)(C)c1cc(-c2cccc(-c3ccccc3)c2)c(N2c3ccc(-c4ccccc4)cc3B3c4cc(-c5ccccc5)ccc4N(c4c(-c5cccc(-c6ccccc6)c5)cc(C(C)(C)C)cc4-c4cccc5c4oc4ccccc45)c4cc(-c5cc(C(C)(C)C)c6c(c5)oc5ccccc56)cc2c43)c(-c2cccc3c2oc2ccccc23)c1. The van der Waals surface area contributed by atoms with E-state index < -0.39 is 0 Å². The van der Waals surface area contributed by atoms with Crippen LogP contribution in [0.15, 0.2) is 377 Å². The third-order valence-corrected chi connectivity index (χ3v) is 25.2. The molecule has 574 valence electrons. The number of hydrogen-bond donors (Lipinski definition) is 0. The third-order valence-electron chi connectivity index (χ3n) is 25.2. The van der Waals surface area contributed by atoms with Gasteiger partial charge in [0.2, 0.25) is 0 Å². The maximum absolute atomic E-state index is 7.38. The molecule has 6 heteroatoms. The van der Waals surface area contributed by atoms with E-state index in [1.54, 1.807) is 0 Å². The lowest BCUT2D eigenvalue weighted by molar-refractivity contribution is 0.590. The van der Waals surface area contributed by atoms with Gasteiger partial charge in [0.25, 0.3) is 6.71 Å². The largest absolute Gasteiger partial charge is 0.456 e. The monoisotopic (exact) mass is 1540 g/mol. The van der Waals surface area contributed by atoms with Crippen LogP contribution in [-0.2, 0) is 16.2 Å². The van der Waals surface area contributed by atoms with Crippen molar-refractivity contribution in [3.63, 3.8) is 0 Å². The number of rotatable bonds is 11. The van der Waals surface area contributed by atoms with Crippen LogP contribution >= 0.6 is 0 Å². The number of furan rings is 3. The Balaban J connectivity index is 0.957. The predicted molar refractivity (Wildman–Crippen MR) is 507 cm³/mol. The van der Waals surface area contributed by atoms with Gasteiger partial charge < -0.3 is 23.1 Å². The highest BCUT2D eigenvalue weighted by atomic mass is 16.3. The lowest BCUT2D eigenvalue weighted by atomic mass is 9.33. The van der Waals surface area contributed by atoms with E-state index >= 15 is 0 Å². The number of anilines is 6. The highest BCUT2D eigenvalue weighted by molar-refractivity contribution is 7.00. The van der Waals surface area contributed by atoms with Crippen molar-refractivity contribution < 1.29 is 13.3 Å². The van der Waals surface area contributed by atoms with Crippen LogP contribution in [0.25, 0.3) is 166 Å². The van der Waals surface area contributed by atoms with Crippen LogP contribution in [-0.4, -0.2) is 6.71 Å². The molecule has 0 saturated heterocycles. The fraction of sp³-hybridized carbons (Fsp3) is 0.105. The van der Waals surface area contributed by atoms with E-state index in [0.717, 1.165) is 206 Å². The molecule has 0 unspecified atom stereocenters. The molecule has 2 aliphatic rings. The van der Waals surface area contributed by atoms with Crippen LogP contribution in [0.4, 0.5) is 34.1 Å². The van der Waals surface area contributed by atoms with Crippen LogP contribution in [0.2, 0.25) is 0 Å². The van der Waals surface area contributed by atoms with Gasteiger partial charge >= 0.3 is 0 Å². The maximum Gasteiger partial charge on any atom is 0.252 e. The Labute approximate surface area is 700 Å². The van der Waals surface area contributed by atoms with Gasteiger partial charge in [0.05, 0.1) is 11.4 Å². The molecule has 17 aromatic carbocycles.